The predicted molar refractivity (Wildman–Crippen MR) is 126 cm³/mol. The van der Waals surface area contributed by atoms with Crippen LogP contribution in [0.5, 0.6) is 0 Å². The second kappa shape index (κ2) is 8.73. The number of urea groups is 1. The molecule has 0 unspecified atom stereocenters. The van der Waals surface area contributed by atoms with Gasteiger partial charge in [0.05, 0.1) is 32.5 Å². The first-order valence-corrected chi connectivity index (χ1v) is 10.9. The van der Waals surface area contributed by atoms with Crippen molar-refractivity contribution in [3.63, 3.8) is 0 Å². The summed E-state index contributed by atoms with van der Waals surface area (Å²) in [4.78, 5) is 34.0. The van der Waals surface area contributed by atoms with Crippen LogP contribution in [0.1, 0.15) is 29.3 Å². The van der Waals surface area contributed by atoms with Crippen molar-refractivity contribution in [2.75, 3.05) is 29.9 Å². The molecular weight excluding hydrogens is 435 g/mol. The van der Waals surface area contributed by atoms with Crippen molar-refractivity contribution >= 4 is 57.4 Å². The van der Waals surface area contributed by atoms with Crippen LogP contribution in [0.4, 0.5) is 16.2 Å². The number of pyridine rings is 1. The molecule has 0 saturated carbocycles. The zero-order valence-corrected chi connectivity index (χ0v) is 18.8. The van der Waals surface area contributed by atoms with Crippen LogP contribution >= 0.6 is 23.2 Å². The van der Waals surface area contributed by atoms with E-state index < -0.39 is 5.91 Å². The summed E-state index contributed by atoms with van der Waals surface area (Å²) in [5.41, 5.74) is 3.05. The van der Waals surface area contributed by atoms with Gasteiger partial charge >= 0.3 is 6.03 Å². The molecule has 2 heterocycles. The monoisotopic (exact) mass is 456 g/mol. The molecule has 3 aromatic rings. The summed E-state index contributed by atoms with van der Waals surface area (Å²) in [5, 5.41) is 4.22. The topological polar surface area (TPSA) is 65.5 Å². The molecule has 1 saturated heterocycles. The normalized spacial score (nSPS) is 13.9. The Kier molecular flexibility index (Phi) is 6.03. The molecule has 6 nitrogen and oxygen atoms in total. The quantitative estimate of drug-likeness (QED) is 0.530. The first-order chi connectivity index (χ1) is 14.9. The molecule has 0 bridgehead atoms. The van der Waals surface area contributed by atoms with E-state index in [1.807, 2.05) is 24.0 Å². The maximum atomic E-state index is 12.9. The summed E-state index contributed by atoms with van der Waals surface area (Å²) < 4.78 is 0. The molecule has 1 aliphatic heterocycles. The third-order valence-corrected chi connectivity index (χ3v) is 5.98. The molecule has 160 valence electrons. The number of amides is 3. The Hall–Kier alpha value is -2.83. The van der Waals surface area contributed by atoms with Gasteiger partial charge in [-0.25, -0.2) is 4.79 Å². The minimum absolute atomic E-state index is 0.00487. The number of nitrogens with zero attached hydrogens (tertiary/aromatic N) is 3. The average Bonchev–Trinajstić information content (AvgIpc) is 3.08. The fourth-order valence-electron chi connectivity index (χ4n) is 3.93. The lowest BCUT2D eigenvalue weighted by Gasteiger charge is -2.22. The molecule has 0 aliphatic carbocycles. The van der Waals surface area contributed by atoms with Crippen LogP contribution in [0.25, 0.3) is 10.9 Å². The second-order valence-electron chi connectivity index (χ2n) is 7.46. The number of rotatable bonds is 5. The Morgan fingerprint density at radius 3 is 2.55 bits per heavy atom. The highest BCUT2D eigenvalue weighted by molar-refractivity contribution is 6.40. The van der Waals surface area contributed by atoms with Crippen molar-refractivity contribution in [1.82, 2.24) is 9.88 Å². The number of aromatic nitrogens is 1. The first kappa shape index (κ1) is 21.4. The number of aryl methyl sites for hydroxylation is 1. The Morgan fingerprint density at radius 1 is 1.13 bits per heavy atom. The molecule has 31 heavy (non-hydrogen) atoms. The molecule has 0 spiro atoms. The van der Waals surface area contributed by atoms with E-state index in [2.05, 4.69) is 17.2 Å². The van der Waals surface area contributed by atoms with E-state index in [0.29, 0.717) is 24.3 Å². The lowest BCUT2D eigenvalue weighted by atomic mass is 10.1. The van der Waals surface area contributed by atoms with E-state index in [9.17, 15) is 9.59 Å². The highest BCUT2D eigenvalue weighted by Gasteiger charge is 2.31. The van der Waals surface area contributed by atoms with Crippen LogP contribution in [0.15, 0.2) is 42.6 Å². The summed E-state index contributed by atoms with van der Waals surface area (Å²) in [6, 6.07) is 10.4. The summed E-state index contributed by atoms with van der Waals surface area (Å²) >= 11 is 12.4. The third-order valence-electron chi connectivity index (χ3n) is 5.35. The zero-order valence-electron chi connectivity index (χ0n) is 17.3. The number of para-hydroxylation sites is 1. The van der Waals surface area contributed by atoms with Crippen molar-refractivity contribution in [3.05, 3.63) is 63.8 Å². The van der Waals surface area contributed by atoms with E-state index in [4.69, 9.17) is 23.2 Å². The second-order valence-corrected chi connectivity index (χ2v) is 8.28. The summed E-state index contributed by atoms with van der Waals surface area (Å²) in [5.74, 6) is -0.418. The van der Waals surface area contributed by atoms with Gasteiger partial charge in [-0.2, -0.15) is 0 Å². The highest BCUT2D eigenvalue weighted by atomic mass is 35.5. The van der Waals surface area contributed by atoms with Gasteiger partial charge in [0.1, 0.15) is 0 Å². The number of hydrogen-bond donors (Lipinski definition) is 1. The van der Waals surface area contributed by atoms with Gasteiger partial charge in [0, 0.05) is 31.2 Å². The van der Waals surface area contributed by atoms with E-state index >= 15 is 0 Å². The van der Waals surface area contributed by atoms with Crippen LogP contribution in [0.3, 0.4) is 0 Å². The molecule has 1 aromatic heterocycles. The van der Waals surface area contributed by atoms with E-state index in [0.717, 1.165) is 29.6 Å². The predicted octanol–water partition coefficient (Wildman–Crippen LogP) is 5.75. The Balaban J connectivity index is 1.74. The number of carbonyl (C=O) groups is 2. The number of benzene rings is 2. The summed E-state index contributed by atoms with van der Waals surface area (Å²) in [7, 11) is 0. The molecule has 0 radical (unpaired) electrons. The maximum absolute atomic E-state index is 12.9. The van der Waals surface area contributed by atoms with Crippen molar-refractivity contribution in [3.8, 4) is 0 Å². The van der Waals surface area contributed by atoms with Crippen LogP contribution in [-0.2, 0) is 0 Å². The number of nitrogens with one attached hydrogen (secondary N) is 1. The van der Waals surface area contributed by atoms with Crippen molar-refractivity contribution in [2.45, 2.75) is 20.3 Å². The Morgan fingerprint density at radius 2 is 1.84 bits per heavy atom. The van der Waals surface area contributed by atoms with Crippen LogP contribution < -0.4 is 10.2 Å². The molecule has 1 aliphatic rings. The SMILES string of the molecule is CCCN1CCN(c2c(C)cnc3c(NC(=O)c4c(Cl)cccc4Cl)cccc23)C1=O. The smallest absolute Gasteiger partial charge is 0.323 e. The lowest BCUT2D eigenvalue weighted by Crippen LogP contribution is -2.32. The molecular formula is C23H22Cl2N4O2. The maximum Gasteiger partial charge on any atom is 0.324 e. The summed E-state index contributed by atoms with van der Waals surface area (Å²) in [6.45, 7) is 6.04. The number of carbonyl (C=O) groups excluding carboxylic acids is 2. The van der Waals surface area contributed by atoms with Gasteiger partial charge in [-0.1, -0.05) is 48.3 Å². The number of halogens is 2. The first-order valence-electron chi connectivity index (χ1n) is 10.1. The van der Waals surface area contributed by atoms with Gasteiger partial charge in [0.25, 0.3) is 5.91 Å². The molecule has 1 fully saturated rings. The van der Waals surface area contributed by atoms with Gasteiger partial charge in [0.15, 0.2) is 0 Å². The van der Waals surface area contributed by atoms with Crippen molar-refractivity contribution < 1.29 is 9.59 Å². The minimum Gasteiger partial charge on any atom is -0.323 e. The molecule has 1 N–H and O–H groups in total. The number of anilines is 2. The minimum atomic E-state index is -0.418. The Labute approximate surface area is 190 Å². The van der Waals surface area contributed by atoms with Gasteiger partial charge in [0.2, 0.25) is 0 Å². The van der Waals surface area contributed by atoms with Crippen LogP contribution in [-0.4, -0.2) is 41.5 Å². The largest absolute Gasteiger partial charge is 0.324 e. The average molecular weight is 457 g/mol. The number of hydrogen-bond acceptors (Lipinski definition) is 3. The van der Waals surface area contributed by atoms with Gasteiger partial charge in [-0.3, -0.25) is 14.7 Å². The van der Waals surface area contributed by atoms with Gasteiger partial charge < -0.3 is 10.2 Å². The molecule has 3 amide bonds. The Bertz CT molecular complexity index is 1160. The van der Waals surface area contributed by atoms with E-state index in [1.165, 1.54) is 0 Å². The van der Waals surface area contributed by atoms with Crippen molar-refractivity contribution in [2.24, 2.45) is 0 Å². The summed E-state index contributed by atoms with van der Waals surface area (Å²) in [6.07, 6.45) is 2.64. The standard InChI is InChI=1S/C23H22Cl2N4O2/c1-3-10-28-11-12-29(23(28)31)21-14(2)13-26-20-15(21)6-4-9-18(20)27-22(30)19-16(24)7-5-8-17(19)25/h4-9,13H,3,10-12H2,1-2H3,(H,27,30). The fraction of sp³-hybridized carbons (Fsp3) is 0.261. The van der Waals surface area contributed by atoms with Gasteiger partial charge in [-0.05, 0) is 37.1 Å². The zero-order chi connectivity index (χ0) is 22.1. The van der Waals surface area contributed by atoms with Crippen molar-refractivity contribution in [1.29, 1.82) is 0 Å². The third kappa shape index (κ3) is 3.93. The highest BCUT2D eigenvalue weighted by Crippen LogP contribution is 2.35. The molecule has 0 atom stereocenters. The lowest BCUT2D eigenvalue weighted by molar-refractivity contribution is 0.102. The number of fused-ring (bicyclic) bond motifs is 1. The van der Waals surface area contributed by atoms with Crippen LogP contribution in [0, 0.1) is 6.92 Å². The van der Waals surface area contributed by atoms with Gasteiger partial charge in [-0.15, -0.1) is 0 Å². The molecule has 8 heteroatoms. The van der Waals surface area contributed by atoms with E-state index in [1.54, 1.807) is 35.4 Å². The molecule has 2 aromatic carbocycles. The fourth-order valence-corrected chi connectivity index (χ4v) is 4.50. The molecule has 4 rings (SSSR count). The van der Waals surface area contributed by atoms with E-state index in [-0.39, 0.29) is 21.6 Å². The van der Waals surface area contributed by atoms with Crippen LogP contribution in [0.2, 0.25) is 10.0 Å².